The van der Waals surface area contributed by atoms with Crippen molar-refractivity contribution in [1.82, 2.24) is 10.0 Å². The van der Waals surface area contributed by atoms with Crippen molar-refractivity contribution in [2.45, 2.75) is 11.1 Å². The van der Waals surface area contributed by atoms with Crippen molar-refractivity contribution >= 4 is 21.8 Å². The Labute approximate surface area is 132 Å². The SMILES string of the molecule is CNS(=O)(=O)c1ccc(C(=O)N[C@H](C(N)=O)c2ccccc2)o1. The van der Waals surface area contributed by atoms with Gasteiger partial charge in [0.2, 0.25) is 11.0 Å². The van der Waals surface area contributed by atoms with Crippen molar-refractivity contribution < 1.29 is 22.4 Å². The number of nitrogens with one attached hydrogen (secondary N) is 2. The normalized spacial score (nSPS) is 12.6. The van der Waals surface area contributed by atoms with E-state index < -0.39 is 33.0 Å². The maximum atomic E-state index is 12.1. The quantitative estimate of drug-likeness (QED) is 0.690. The maximum Gasteiger partial charge on any atom is 0.287 e. The van der Waals surface area contributed by atoms with Crippen LogP contribution in [0.5, 0.6) is 0 Å². The van der Waals surface area contributed by atoms with Crippen LogP contribution >= 0.6 is 0 Å². The van der Waals surface area contributed by atoms with Gasteiger partial charge in [0, 0.05) is 0 Å². The van der Waals surface area contributed by atoms with E-state index in [1.807, 2.05) is 0 Å². The van der Waals surface area contributed by atoms with E-state index in [4.69, 9.17) is 10.2 Å². The molecule has 23 heavy (non-hydrogen) atoms. The van der Waals surface area contributed by atoms with Crippen molar-refractivity contribution in [3.63, 3.8) is 0 Å². The lowest BCUT2D eigenvalue weighted by atomic mass is 10.1. The Bertz CT molecular complexity index is 814. The molecule has 9 heteroatoms. The van der Waals surface area contributed by atoms with Crippen LogP contribution in [0, 0.1) is 0 Å². The number of carbonyl (C=O) groups excluding carboxylic acids is 2. The number of benzene rings is 1. The second-order valence-corrected chi connectivity index (χ2v) is 6.36. The Morgan fingerprint density at radius 2 is 1.78 bits per heavy atom. The zero-order valence-electron chi connectivity index (χ0n) is 12.1. The van der Waals surface area contributed by atoms with Gasteiger partial charge < -0.3 is 15.5 Å². The van der Waals surface area contributed by atoms with Gasteiger partial charge >= 0.3 is 0 Å². The summed E-state index contributed by atoms with van der Waals surface area (Å²) in [4.78, 5) is 23.7. The third-order valence-corrected chi connectivity index (χ3v) is 4.32. The second-order valence-electron chi connectivity index (χ2n) is 4.55. The molecule has 4 N–H and O–H groups in total. The van der Waals surface area contributed by atoms with E-state index in [9.17, 15) is 18.0 Å². The molecule has 0 aliphatic carbocycles. The summed E-state index contributed by atoms with van der Waals surface area (Å²) < 4.78 is 30.2. The highest BCUT2D eigenvalue weighted by molar-refractivity contribution is 7.89. The summed E-state index contributed by atoms with van der Waals surface area (Å²) >= 11 is 0. The van der Waals surface area contributed by atoms with Crippen LogP contribution in [0.1, 0.15) is 22.2 Å². The van der Waals surface area contributed by atoms with Crippen molar-refractivity contribution in [3.8, 4) is 0 Å². The molecule has 0 saturated heterocycles. The Kier molecular flexibility index (Phi) is 4.82. The van der Waals surface area contributed by atoms with Gasteiger partial charge in [-0.15, -0.1) is 0 Å². The van der Waals surface area contributed by atoms with E-state index in [2.05, 4.69) is 10.0 Å². The number of primary amides is 1. The van der Waals surface area contributed by atoms with Crippen LogP contribution in [0.4, 0.5) is 0 Å². The Hall–Kier alpha value is -2.65. The standard InChI is InChI=1S/C14H15N3O5S/c1-16-23(20,21)11-8-7-10(22-11)14(19)17-12(13(15)18)9-5-3-2-4-6-9/h2-8,12,16H,1H3,(H2,15,18)(H,17,19)/t12-/m0/s1. The smallest absolute Gasteiger partial charge is 0.287 e. The fraction of sp³-hybridized carbons (Fsp3) is 0.143. The largest absolute Gasteiger partial charge is 0.438 e. The van der Waals surface area contributed by atoms with Gasteiger partial charge in [-0.3, -0.25) is 9.59 Å². The van der Waals surface area contributed by atoms with E-state index in [0.717, 1.165) is 6.07 Å². The number of rotatable bonds is 6. The molecule has 0 unspecified atom stereocenters. The van der Waals surface area contributed by atoms with E-state index in [-0.39, 0.29) is 5.76 Å². The number of nitrogens with two attached hydrogens (primary N) is 1. The minimum Gasteiger partial charge on any atom is -0.438 e. The van der Waals surface area contributed by atoms with Crippen LogP contribution in [-0.2, 0) is 14.8 Å². The van der Waals surface area contributed by atoms with Crippen molar-refractivity contribution in [2.24, 2.45) is 5.73 Å². The van der Waals surface area contributed by atoms with Gasteiger partial charge in [0.1, 0.15) is 6.04 Å². The third kappa shape index (κ3) is 3.76. The fourth-order valence-corrected chi connectivity index (χ4v) is 2.50. The molecule has 1 aromatic heterocycles. The highest BCUT2D eigenvalue weighted by atomic mass is 32.2. The average molecular weight is 337 g/mol. The summed E-state index contributed by atoms with van der Waals surface area (Å²) in [5.41, 5.74) is 5.80. The fourth-order valence-electron chi connectivity index (χ4n) is 1.85. The van der Waals surface area contributed by atoms with Crippen molar-refractivity contribution in [3.05, 3.63) is 53.8 Å². The van der Waals surface area contributed by atoms with Crippen LogP contribution in [0.2, 0.25) is 0 Å². The maximum absolute atomic E-state index is 12.1. The van der Waals surface area contributed by atoms with Gasteiger partial charge in [-0.2, -0.15) is 0 Å². The lowest BCUT2D eigenvalue weighted by molar-refractivity contribution is -0.120. The molecule has 0 aliphatic rings. The predicted octanol–water partition coefficient (Wildman–Crippen LogP) is 0.144. The first-order valence-corrected chi connectivity index (χ1v) is 8.02. The van der Waals surface area contributed by atoms with Crippen LogP contribution in [-0.4, -0.2) is 27.3 Å². The molecule has 122 valence electrons. The van der Waals surface area contributed by atoms with Gasteiger partial charge in [-0.05, 0) is 24.7 Å². The number of hydrogen-bond acceptors (Lipinski definition) is 5. The van der Waals surface area contributed by atoms with Gasteiger partial charge in [0.05, 0.1) is 0 Å². The van der Waals surface area contributed by atoms with Gasteiger partial charge in [0.15, 0.2) is 5.76 Å². The number of sulfonamides is 1. The first-order chi connectivity index (χ1) is 10.8. The Morgan fingerprint density at radius 3 is 2.35 bits per heavy atom. The predicted molar refractivity (Wildman–Crippen MR) is 80.8 cm³/mol. The van der Waals surface area contributed by atoms with Gasteiger partial charge in [-0.1, -0.05) is 30.3 Å². The molecule has 0 aliphatic heterocycles. The van der Waals surface area contributed by atoms with Crippen molar-refractivity contribution in [1.29, 1.82) is 0 Å². The van der Waals surface area contributed by atoms with E-state index in [1.165, 1.54) is 13.1 Å². The van der Waals surface area contributed by atoms with Crippen LogP contribution < -0.4 is 15.8 Å². The van der Waals surface area contributed by atoms with Crippen LogP contribution in [0.15, 0.2) is 52.0 Å². The molecule has 1 atom stereocenters. The first-order valence-electron chi connectivity index (χ1n) is 6.53. The van der Waals surface area contributed by atoms with Gasteiger partial charge in [-0.25, -0.2) is 13.1 Å². The summed E-state index contributed by atoms with van der Waals surface area (Å²) in [5, 5.41) is 2.01. The summed E-state index contributed by atoms with van der Waals surface area (Å²) in [6, 6.07) is 9.70. The number of carbonyl (C=O) groups is 2. The van der Waals surface area contributed by atoms with Crippen LogP contribution in [0.3, 0.4) is 0 Å². The molecule has 1 aromatic carbocycles. The highest BCUT2D eigenvalue weighted by Gasteiger charge is 2.24. The van der Waals surface area contributed by atoms with E-state index >= 15 is 0 Å². The van der Waals surface area contributed by atoms with Gasteiger partial charge in [0.25, 0.3) is 15.9 Å². The molecule has 2 aromatic rings. The lowest BCUT2D eigenvalue weighted by Crippen LogP contribution is -2.37. The molecular formula is C14H15N3O5S. The molecule has 0 saturated carbocycles. The summed E-state index contributed by atoms with van der Waals surface area (Å²) in [6.45, 7) is 0. The number of amides is 2. The molecule has 0 bridgehead atoms. The summed E-state index contributed by atoms with van der Waals surface area (Å²) in [5.74, 6) is -1.75. The Morgan fingerprint density at radius 1 is 1.13 bits per heavy atom. The monoisotopic (exact) mass is 337 g/mol. The lowest BCUT2D eigenvalue weighted by Gasteiger charge is -2.14. The van der Waals surface area contributed by atoms with Crippen LogP contribution in [0.25, 0.3) is 0 Å². The molecule has 2 amide bonds. The average Bonchev–Trinajstić information content (AvgIpc) is 3.04. The third-order valence-electron chi connectivity index (χ3n) is 3.03. The molecule has 0 fully saturated rings. The topological polar surface area (TPSA) is 132 Å². The Balaban J connectivity index is 2.22. The minimum atomic E-state index is -3.80. The minimum absolute atomic E-state index is 0.249. The number of furan rings is 1. The molecule has 0 spiro atoms. The van der Waals surface area contributed by atoms with Crippen molar-refractivity contribution in [2.75, 3.05) is 7.05 Å². The zero-order valence-corrected chi connectivity index (χ0v) is 13.0. The molecule has 0 radical (unpaired) electrons. The molecular weight excluding hydrogens is 322 g/mol. The number of hydrogen-bond donors (Lipinski definition) is 3. The molecule has 8 nitrogen and oxygen atoms in total. The highest BCUT2D eigenvalue weighted by Crippen LogP contribution is 2.16. The first kappa shape index (κ1) is 16.7. The second kappa shape index (κ2) is 6.63. The zero-order chi connectivity index (χ0) is 17.0. The van der Waals surface area contributed by atoms with E-state index in [0.29, 0.717) is 5.56 Å². The molecule has 2 rings (SSSR count). The molecule has 1 heterocycles. The summed E-state index contributed by atoms with van der Waals surface area (Å²) in [7, 11) is -2.58. The van der Waals surface area contributed by atoms with E-state index in [1.54, 1.807) is 30.3 Å². The summed E-state index contributed by atoms with van der Waals surface area (Å²) in [6.07, 6.45) is 0.